The van der Waals surface area contributed by atoms with Crippen LogP contribution < -0.4 is 5.32 Å². The Bertz CT molecular complexity index is 426. The molecule has 0 saturated heterocycles. The van der Waals surface area contributed by atoms with Gasteiger partial charge in [0.2, 0.25) is 5.91 Å². The van der Waals surface area contributed by atoms with E-state index in [0.717, 1.165) is 25.9 Å². The minimum atomic E-state index is -1.19. The van der Waals surface area contributed by atoms with Gasteiger partial charge in [0, 0.05) is 13.0 Å². The Balaban J connectivity index is 0. The van der Waals surface area contributed by atoms with Crippen molar-refractivity contribution in [1.29, 1.82) is 0 Å². The normalized spacial score (nSPS) is 10.9. The summed E-state index contributed by atoms with van der Waals surface area (Å²) in [4.78, 5) is 23.0. The lowest BCUT2D eigenvalue weighted by Gasteiger charge is -2.09. The second-order valence-corrected chi connectivity index (χ2v) is 8.39. The molecule has 6 heteroatoms. The van der Waals surface area contributed by atoms with Gasteiger partial charge in [-0.25, -0.2) is 4.79 Å². The first-order chi connectivity index (χ1) is 14.9. The van der Waals surface area contributed by atoms with E-state index < -0.39 is 12.6 Å². The average Bonchev–Trinajstić information content (AvgIpc) is 2.74. The third-order valence-corrected chi connectivity index (χ3v) is 4.91. The molecule has 6 nitrogen and oxygen atoms in total. The van der Waals surface area contributed by atoms with Crippen molar-refractivity contribution in [2.75, 3.05) is 33.8 Å². The second-order valence-electron chi connectivity index (χ2n) is 8.39. The van der Waals surface area contributed by atoms with Gasteiger partial charge in [-0.05, 0) is 59.2 Å². The maximum atomic E-state index is 11.7. The van der Waals surface area contributed by atoms with Crippen LogP contribution in [0.1, 0.15) is 103 Å². The van der Waals surface area contributed by atoms with Crippen LogP contribution in [0.15, 0.2) is 12.2 Å². The minimum Gasteiger partial charge on any atom is -0.480 e. The fourth-order valence-corrected chi connectivity index (χ4v) is 3.07. The lowest BCUT2D eigenvalue weighted by Crippen LogP contribution is -2.26. The molecule has 0 aromatic heterocycles. The Morgan fingerprint density at radius 3 is 1.77 bits per heavy atom. The van der Waals surface area contributed by atoms with Gasteiger partial charge in [-0.2, -0.15) is 0 Å². The number of carboxylic acid groups (broad SMARTS) is 1. The molecule has 0 aliphatic carbocycles. The number of rotatable bonds is 20. The summed E-state index contributed by atoms with van der Waals surface area (Å²) in [6, 6.07) is 0. The summed E-state index contributed by atoms with van der Waals surface area (Å²) < 4.78 is 0. The quantitative estimate of drug-likeness (QED) is 0.179. The zero-order valence-corrected chi connectivity index (χ0v) is 20.5. The third-order valence-electron chi connectivity index (χ3n) is 4.91. The standard InChI is InChI=1S/C23H46N2O.C2H4O3/c1-4-5-6-7-8-9-10-11-12-13-14-15-16-17-18-20-23(26)24-21-19-22-25(2)3;3-1-2(4)5/h11-12H,4-10,13-22H2,1-3H3,(H,24,26);3H,1H2,(H,4,5). The van der Waals surface area contributed by atoms with Crippen LogP contribution in [-0.4, -0.2) is 60.8 Å². The predicted octanol–water partition coefficient (Wildman–Crippen LogP) is 5.16. The summed E-state index contributed by atoms with van der Waals surface area (Å²) in [5, 5.41) is 18.0. The zero-order valence-electron chi connectivity index (χ0n) is 20.5. The van der Waals surface area contributed by atoms with Gasteiger partial charge in [0.1, 0.15) is 6.61 Å². The molecule has 0 heterocycles. The molecule has 31 heavy (non-hydrogen) atoms. The highest BCUT2D eigenvalue weighted by molar-refractivity contribution is 5.75. The van der Waals surface area contributed by atoms with Crippen LogP contribution >= 0.6 is 0 Å². The van der Waals surface area contributed by atoms with E-state index >= 15 is 0 Å². The van der Waals surface area contributed by atoms with Gasteiger partial charge >= 0.3 is 5.97 Å². The summed E-state index contributed by atoms with van der Waals surface area (Å²) in [6.45, 7) is 3.34. The van der Waals surface area contributed by atoms with Gasteiger partial charge in [-0.3, -0.25) is 4.79 Å². The van der Waals surface area contributed by atoms with Gasteiger partial charge in [0.25, 0.3) is 0 Å². The van der Waals surface area contributed by atoms with E-state index in [-0.39, 0.29) is 5.91 Å². The number of aliphatic hydroxyl groups is 1. The summed E-state index contributed by atoms with van der Waals surface area (Å²) in [6.07, 6.45) is 23.4. The molecule has 0 aliphatic rings. The van der Waals surface area contributed by atoms with Gasteiger partial charge < -0.3 is 20.4 Å². The van der Waals surface area contributed by atoms with Crippen LogP contribution in [-0.2, 0) is 9.59 Å². The number of aliphatic carboxylic acids is 1. The van der Waals surface area contributed by atoms with Gasteiger partial charge in [0.05, 0.1) is 0 Å². The molecule has 0 spiro atoms. The molecule has 0 radical (unpaired) electrons. The molecule has 0 rings (SSSR count). The van der Waals surface area contributed by atoms with Gasteiger partial charge in [-0.15, -0.1) is 0 Å². The van der Waals surface area contributed by atoms with E-state index in [2.05, 4.69) is 43.4 Å². The van der Waals surface area contributed by atoms with Crippen LogP contribution in [0, 0.1) is 0 Å². The fraction of sp³-hybridized carbons (Fsp3) is 0.840. The van der Waals surface area contributed by atoms with Crippen molar-refractivity contribution in [3.8, 4) is 0 Å². The first-order valence-corrected chi connectivity index (χ1v) is 12.3. The third kappa shape index (κ3) is 33.4. The van der Waals surface area contributed by atoms with Crippen LogP contribution in [0.5, 0.6) is 0 Å². The highest BCUT2D eigenvalue weighted by atomic mass is 16.4. The van der Waals surface area contributed by atoms with Gasteiger partial charge in [-0.1, -0.05) is 70.4 Å². The van der Waals surface area contributed by atoms with Crippen molar-refractivity contribution in [1.82, 2.24) is 10.2 Å². The molecular formula is C25H50N2O4. The number of carboxylic acids is 1. The number of hydrogen-bond donors (Lipinski definition) is 3. The Kier molecular flexibility index (Phi) is 27.3. The average molecular weight is 443 g/mol. The number of aliphatic hydroxyl groups excluding tert-OH is 1. The number of hydrogen-bond acceptors (Lipinski definition) is 4. The number of nitrogens with one attached hydrogen (secondary N) is 1. The Labute approximate surface area is 191 Å². The molecule has 0 unspecified atom stereocenters. The number of carbonyl (C=O) groups excluding carboxylic acids is 1. The lowest BCUT2D eigenvalue weighted by molar-refractivity contribution is -0.140. The van der Waals surface area contributed by atoms with Crippen molar-refractivity contribution in [2.24, 2.45) is 0 Å². The maximum Gasteiger partial charge on any atom is 0.329 e. The lowest BCUT2D eigenvalue weighted by atomic mass is 10.1. The fourth-order valence-electron chi connectivity index (χ4n) is 3.07. The Hall–Kier alpha value is -1.40. The van der Waals surface area contributed by atoms with Crippen molar-refractivity contribution < 1.29 is 19.8 Å². The molecule has 0 aromatic carbocycles. The van der Waals surface area contributed by atoms with E-state index in [1.54, 1.807) is 0 Å². The van der Waals surface area contributed by atoms with E-state index in [9.17, 15) is 4.79 Å². The highest BCUT2D eigenvalue weighted by Gasteiger charge is 2.00. The van der Waals surface area contributed by atoms with Crippen molar-refractivity contribution >= 4 is 11.9 Å². The van der Waals surface area contributed by atoms with E-state index in [1.165, 1.54) is 77.0 Å². The van der Waals surface area contributed by atoms with E-state index in [0.29, 0.717) is 6.42 Å². The summed E-state index contributed by atoms with van der Waals surface area (Å²) >= 11 is 0. The zero-order chi connectivity index (χ0) is 23.6. The Morgan fingerprint density at radius 1 is 0.806 bits per heavy atom. The molecule has 0 aromatic rings. The number of nitrogens with zero attached hydrogens (tertiary/aromatic N) is 1. The van der Waals surface area contributed by atoms with Crippen molar-refractivity contribution in [3.05, 3.63) is 12.2 Å². The number of amides is 1. The van der Waals surface area contributed by atoms with Crippen LogP contribution in [0.3, 0.4) is 0 Å². The minimum absolute atomic E-state index is 0.224. The molecular weight excluding hydrogens is 392 g/mol. The topological polar surface area (TPSA) is 89.9 Å². The molecule has 1 amide bonds. The molecule has 0 saturated carbocycles. The van der Waals surface area contributed by atoms with Crippen LogP contribution in [0.2, 0.25) is 0 Å². The van der Waals surface area contributed by atoms with Crippen molar-refractivity contribution in [2.45, 2.75) is 103 Å². The van der Waals surface area contributed by atoms with Crippen LogP contribution in [0.25, 0.3) is 0 Å². The van der Waals surface area contributed by atoms with Gasteiger partial charge in [0.15, 0.2) is 0 Å². The molecule has 184 valence electrons. The largest absolute Gasteiger partial charge is 0.480 e. The van der Waals surface area contributed by atoms with E-state index in [4.69, 9.17) is 15.0 Å². The summed E-state index contributed by atoms with van der Waals surface area (Å²) in [7, 11) is 4.13. The van der Waals surface area contributed by atoms with Crippen LogP contribution in [0.4, 0.5) is 0 Å². The number of unbranched alkanes of at least 4 members (excludes halogenated alkanes) is 11. The molecule has 0 fully saturated rings. The monoisotopic (exact) mass is 442 g/mol. The molecule has 3 N–H and O–H groups in total. The Morgan fingerprint density at radius 2 is 1.29 bits per heavy atom. The number of carbonyl (C=O) groups is 2. The second kappa shape index (κ2) is 26.6. The number of allylic oxidation sites excluding steroid dienone is 2. The molecule has 0 aliphatic heterocycles. The predicted molar refractivity (Wildman–Crippen MR) is 130 cm³/mol. The van der Waals surface area contributed by atoms with E-state index in [1.807, 2.05) is 0 Å². The first-order valence-electron chi connectivity index (χ1n) is 12.3. The summed E-state index contributed by atoms with van der Waals surface area (Å²) in [5.74, 6) is -0.966. The summed E-state index contributed by atoms with van der Waals surface area (Å²) in [5.41, 5.74) is 0. The first kappa shape index (κ1) is 31.8. The van der Waals surface area contributed by atoms with Crippen molar-refractivity contribution in [3.63, 3.8) is 0 Å². The molecule has 0 atom stereocenters. The maximum absolute atomic E-state index is 11.7. The molecule has 0 bridgehead atoms. The smallest absolute Gasteiger partial charge is 0.329 e. The highest BCUT2D eigenvalue weighted by Crippen LogP contribution is 2.09. The SMILES string of the molecule is CCCCCCCCC=CCCCCCCCC(=O)NCCCN(C)C.O=C(O)CO.